The third-order valence-electron chi connectivity index (χ3n) is 3.25. The van der Waals surface area contributed by atoms with Gasteiger partial charge >= 0.3 is 0 Å². The van der Waals surface area contributed by atoms with Gasteiger partial charge in [0, 0.05) is 11.1 Å². The zero-order chi connectivity index (χ0) is 14.1. The first kappa shape index (κ1) is 12.2. The summed E-state index contributed by atoms with van der Waals surface area (Å²) in [5, 5.41) is 20.8. The lowest BCUT2D eigenvalue weighted by molar-refractivity contribution is 0.103. The molecule has 3 aromatic rings. The van der Waals surface area contributed by atoms with E-state index in [0.29, 0.717) is 11.1 Å². The summed E-state index contributed by atoms with van der Waals surface area (Å²) in [7, 11) is 0. The molecule has 3 rings (SSSR count). The number of carbonyl (C=O) groups is 1. The number of phenolic OH excluding ortho intramolecular Hbond substituents is 2. The minimum Gasteiger partial charge on any atom is -0.504 e. The molecular formula is C17H12O3. The average molecular weight is 264 g/mol. The molecule has 0 aromatic heterocycles. The van der Waals surface area contributed by atoms with Crippen LogP contribution >= 0.6 is 0 Å². The summed E-state index contributed by atoms with van der Waals surface area (Å²) in [5.74, 6) is -0.720. The molecule has 0 aliphatic rings. The molecule has 0 amide bonds. The largest absolute Gasteiger partial charge is 0.504 e. The molecule has 0 bridgehead atoms. The highest BCUT2D eigenvalue weighted by Gasteiger charge is 2.11. The summed E-state index contributed by atoms with van der Waals surface area (Å²) in [5.41, 5.74) is 0.893. The highest BCUT2D eigenvalue weighted by molar-refractivity contribution is 6.10. The highest BCUT2D eigenvalue weighted by atomic mass is 16.3. The van der Waals surface area contributed by atoms with Crippen molar-refractivity contribution in [1.29, 1.82) is 0 Å². The number of rotatable bonds is 2. The summed E-state index contributed by atoms with van der Waals surface area (Å²) in [6.45, 7) is 0. The van der Waals surface area contributed by atoms with Gasteiger partial charge in [0.25, 0.3) is 0 Å². The van der Waals surface area contributed by atoms with E-state index < -0.39 is 0 Å². The van der Waals surface area contributed by atoms with Gasteiger partial charge in [-0.1, -0.05) is 36.4 Å². The predicted molar refractivity (Wildman–Crippen MR) is 77.2 cm³/mol. The maximum Gasteiger partial charge on any atom is 0.193 e. The topological polar surface area (TPSA) is 57.5 Å². The molecule has 0 atom stereocenters. The van der Waals surface area contributed by atoms with Gasteiger partial charge in [-0.15, -0.1) is 0 Å². The number of aromatic hydroxyl groups is 2. The quantitative estimate of drug-likeness (QED) is 0.550. The molecule has 0 unspecified atom stereocenters. The number of carbonyl (C=O) groups excluding carboxylic acids is 1. The Kier molecular flexibility index (Phi) is 2.88. The maximum atomic E-state index is 12.4. The van der Waals surface area contributed by atoms with Gasteiger partial charge in [-0.2, -0.15) is 0 Å². The highest BCUT2D eigenvalue weighted by Crippen LogP contribution is 2.26. The minimum absolute atomic E-state index is 0.189. The molecule has 0 saturated heterocycles. The van der Waals surface area contributed by atoms with Crippen LogP contribution in [0.4, 0.5) is 0 Å². The molecule has 20 heavy (non-hydrogen) atoms. The summed E-state index contributed by atoms with van der Waals surface area (Å²) < 4.78 is 0. The zero-order valence-electron chi connectivity index (χ0n) is 10.6. The van der Waals surface area contributed by atoms with Crippen LogP contribution in [0.5, 0.6) is 11.5 Å². The van der Waals surface area contributed by atoms with Crippen LogP contribution in [-0.4, -0.2) is 16.0 Å². The van der Waals surface area contributed by atoms with Crippen LogP contribution in [0.1, 0.15) is 15.9 Å². The van der Waals surface area contributed by atoms with Gasteiger partial charge in [0.15, 0.2) is 17.3 Å². The Morgan fingerprint density at radius 3 is 2.10 bits per heavy atom. The van der Waals surface area contributed by atoms with Gasteiger partial charge in [-0.3, -0.25) is 4.79 Å². The van der Waals surface area contributed by atoms with Gasteiger partial charge in [-0.05, 0) is 35.0 Å². The molecule has 0 heterocycles. The van der Waals surface area contributed by atoms with Gasteiger partial charge in [-0.25, -0.2) is 0 Å². The van der Waals surface area contributed by atoms with E-state index >= 15 is 0 Å². The molecule has 0 spiro atoms. The Hall–Kier alpha value is -2.81. The fourth-order valence-corrected chi connectivity index (χ4v) is 2.16. The van der Waals surface area contributed by atoms with Crippen LogP contribution in [0, 0.1) is 0 Å². The van der Waals surface area contributed by atoms with Crippen molar-refractivity contribution in [1.82, 2.24) is 0 Å². The van der Waals surface area contributed by atoms with Crippen LogP contribution in [-0.2, 0) is 0 Å². The van der Waals surface area contributed by atoms with Gasteiger partial charge in [0.2, 0.25) is 0 Å². The van der Waals surface area contributed by atoms with Crippen molar-refractivity contribution >= 4 is 16.6 Å². The molecule has 2 N–H and O–H groups in total. The molecule has 3 heteroatoms. The van der Waals surface area contributed by atoms with Crippen molar-refractivity contribution in [2.75, 3.05) is 0 Å². The lowest BCUT2D eigenvalue weighted by atomic mass is 10.00. The van der Waals surface area contributed by atoms with E-state index in [-0.39, 0.29) is 17.3 Å². The molecule has 0 saturated carbocycles. The summed E-state index contributed by atoms with van der Waals surface area (Å²) in [4.78, 5) is 12.4. The van der Waals surface area contributed by atoms with Crippen LogP contribution in [0.15, 0.2) is 60.7 Å². The summed E-state index contributed by atoms with van der Waals surface area (Å²) in [6.07, 6.45) is 0. The van der Waals surface area contributed by atoms with Crippen molar-refractivity contribution < 1.29 is 15.0 Å². The van der Waals surface area contributed by atoms with Crippen LogP contribution in [0.25, 0.3) is 10.8 Å². The van der Waals surface area contributed by atoms with E-state index in [4.69, 9.17) is 0 Å². The third-order valence-corrected chi connectivity index (χ3v) is 3.25. The Morgan fingerprint density at radius 1 is 0.700 bits per heavy atom. The number of benzene rings is 3. The lowest BCUT2D eigenvalue weighted by Gasteiger charge is -2.05. The number of ketones is 1. The van der Waals surface area contributed by atoms with Gasteiger partial charge < -0.3 is 10.2 Å². The Bertz CT molecular complexity index is 806. The van der Waals surface area contributed by atoms with E-state index in [9.17, 15) is 15.0 Å². The SMILES string of the molecule is O=C(c1ccc(O)c(O)c1)c1ccc2ccccc2c1. The zero-order valence-corrected chi connectivity index (χ0v) is 10.6. The predicted octanol–water partition coefficient (Wildman–Crippen LogP) is 3.48. The van der Waals surface area contributed by atoms with E-state index in [2.05, 4.69) is 0 Å². The smallest absolute Gasteiger partial charge is 0.193 e. The number of hydrogen-bond acceptors (Lipinski definition) is 3. The third kappa shape index (κ3) is 2.10. The van der Waals surface area contributed by atoms with E-state index in [1.807, 2.05) is 36.4 Å². The van der Waals surface area contributed by atoms with Gasteiger partial charge in [0.05, 0.1) is 0 Å². The standard InChI is InChI=1S/C17H12O3/c18-15-8-7-14(10-16(15)19)17(20)13-6-5-11-3-1-2-4-12(11)9-13/h1-10,18-19H. The molecule has 98 valence electrons. The number of fused-ring (bicyclic) bond motifs is 1. The fraction of sp³-hybridized carbons (Fsp3) is 0. The summed E-state index contributed by atoms with van der Waals surface area (Å²) >= 11 is 0. The second-order valence-corrected chi connectivity index (χ2v) is 4.59. The first-order chi connectivity index (χ1) is 9.65. The van der Waals surface area contributed by atoms with E-state index in [1.165, 1.54) is 18.2 Å². The van der Waals surface area contributed by atoms with Crippen molar-refractivity contribution in [3.8, 4) is 11.5 Å². The summed E-state index contributed by atoms with van der Waals surface area (Å²) in [6, 6.07) is 17.3. The second-order valence-electron chi connectivity index (χ2n) is 4.59. The molecule has 0 radical (unpaired) electrons. The van der Waals surface area contributed by atoms with Crippen molar-refractivity contribution in [3.63, 3.8) is 0 Å². The van der Waals surface area contributed by atoms with Crippen molar-refractivity contribution in [2.45, 2.75) is 0 Å². The van der Waals surface area contributed by atoms with Crippen molar-refractivity contribution in [3.05, 3.63) is 71.8 Å². The normalized spacial score (nSPS) is 10.6. The molecule has 0 aliphatic heterocycles. The monoisotopic (exact) mass is 264 g/mol. The molecule has 0 fully saturated rings. The molecule has 3 nitrogen and oxygen atoms in total. The first-order valence-corrected chi connectivity index (χ1v) is 6.20. The van der Waals surface area contributed by atoms with Gasteiger partial charge in [0.1, 0.15) is 0 Å². The Morgan fingerprint density at radius 2 is 1.35 bits per heavy atom. The lowest BCUT2D eigenvalue weighted by Crippen LogP contribution is -2.00. The van der Waals surface area contributed by atoms with Crippen LogP contribution in [0.2, 0.25) is 0 Å². The molecular weight excluding hydrogens is 252 g/mol. The fourth-order valence-electron chi connectivity index (χ4n) is 2.16. The number of hydrogen-bond donors (Lipinski definition) is 2. The molecule has 0 aliphatic carbocycles. The van der Waals surface area contributed by atoms with Crippen LogP contribution in [0.3, 0.4) is 0 Å². The molecule has 3 aromatic carbocycles. The van der Waals surface area contributed by atoms with Crippen LogP contribution < -0.4 is 0 Å². The average Bonchev–Trinajstić information content (AvgIpc) is 2.49. The Balaban J connectivity index is 2.05. The number of phenols is 2. The van der Waals surface area contributed by atoms with E-state index in [0.717, 1.165) is 10.8 Å². The Labute approximate surface area is 115 Å². The van der Waals surface area contributed by atoms with Crippen molar-refractivity contribution in [2.24, 2.45) is 0 Å². The minimum atomic E-state index is -0.295. The second kappa shape index (κ2) is 4.70. The first-order valence-electron chi connectivity index (χ1n) is 6.20. The van der Waals surface area contributed by atoms with E-state index in [1.54, 1.807) is 6.07 Å². The maximum absolute atomic E-state index is 12.4.